The maximum atomic E-state index is 11.8. The van der Waals surface area contributed by atoms with Gasteiger partial charge in [-0.05, 0) is 44.4 Å². The smallest absolute Gasteiger partial charge is 0.308 e. The predicted octanol–water partition coefficient (Wildman–Crippen LogP) is 4.53. The second kappa shape index (κ2) is 7.19. The van der Waals surface area contributed by atoms with Crippen LogP contribution in [-0.4, -0.2) is 18.6 Å². The highest BCUT2D eigenvalue weighted by Crippen LogP contribution is 2.31. The molecule has 0 saturated heterocycles. The van der Waals surface area contributed by atoms with Gasteiger partial charge in [0.2, 0.25) is 0 Å². The minimum atomic E-state index is -0.0869. The van der Waals surface area contributed by atoms with Crippen molar-refractivity contribution < 1.29 is 9.53 Å². The van der Waals surface area contributed by atoms with E-state index >= 15 is 0 Å². The van der Waals surface area contributed by atoms with Crippen molar-refractivity contribution in [2.75, 3.05) is 11.9 Å². The first-order chi connectivity index (χ1) is 9.60. The Labute approximate surface area is 129 Å². The van der Waals surface area contributed by atoms with Gasteiger partial charge in [-0.2, -0.15) is 0 Å². The molecule has 1 aliphatic rings. The Kier molecular flexibility index (Phi) is 5.55. The van der Waals surface area contributed by atoms with Crippen LogP contribution in [0.4, 0.5) is 5.69 Å². The van der Waals surface area contributed by atoms with Gasteiger partial charge < -0.3 is 10.1 Å². The highest BCUT2D eigenvalue weighted by atomic mass is 35.5. The molecule has 5 heteroatoms. The molecule has 2 atom stereocenters. The molecular weight excluding hydrogens is 297 g/mol. The van der Waals surface area contributed by atoms with Gasteiger partial charge in [0.25, 0.3) is 0 Å². The maximum Gasteiger partial charge on any atom is 0.308 e. The van der Waals surface area contributed by atoms with Crippen LogP contribution in [0.25, 0.3) is 0 Å². The van der Waals surface area contributed by atoms with Crippen LogP contribution in [0.3, 0.4) is 0 Å². The zero-order chi connectivity index (χ0) is 14.5. The standard InChI is InChI=1S/C15H19Cl2NO2/c1-2-20-15(19)10-4-3-5-12(8-10)18-14-9-11(16)6-7-13(14)17/h6-7,9-10,12,18H,2-5,8H2,1H3. The monoisotopic (exact) mass is 315 g/mol. The Bertz CT molecular complexity index is 479. The van der Waals surface area contributed by atoms with E-state index in [9.17, 15) is 4.79 Å². The van der Waals surface area contributed by atoms with Crippen LogP contribution in [-0.2, 0) is 9.53 Å². The number of carbonyl (C=O) groups excluding carboxylic acids is 1. The van der Waals surface area contributed by atoms with Gasteiger partial charge in [-0.3, -0.25) is 4.79 Å². The van der Waals surface area contributed by atoms with Gasteiger partial charge in [0.05, 0.1) is 23.2 Å². The zero-order valence-corrected chi connectivity index (χ0v) is 13.0. The third-order valence-corrected chi connectivity index (χ3v) is 4.15. The Morgan fingerprint density at radius 3 is 2.95 bits per heavy atom. The molecule has 1 N–H and O–H groups in total. The zero-order valence-electron chi connectivity index (χ0n) is 11.5. The molecule has 2 rings (SSSR count). The first-order valence-electron chi connectivity index (χ1n) is 6.98. The lowest BCUT2D eigenvalue weighted by Crippen LogP contribution is -2.32. The van der Waals surface area contributed by atoms with Crippen molar-refractivity contribution in [1.29, 1.82) is 0 Å². The maximum absolute atomic E-state index is 11.8. The van der Waals surface area contributed by atoms with Crippen LogP contribution in [0.15, 0.2) is 18.2 Å². The molecule has 1 saturated carbocycles. The lowest BCUT2D eigenvalue weighted by Gasteiger charge is -2.29. The molecular formula is C15H19Cl2NO2. The minimum absolute atomic E-state index is 0.0147. The second-order valence-electron chi connectivity index (χ2n) is 5.08. The predicted molar refractivity (Wildman–Crippen MR) is 82.5 cm³/mol. The summed E-state index contributed by atoms with van der Waals surface area (Å²) in [4.78, 5) is 11.8. The number of hydrogen-bond acceptors (Lipinski definition) is 3. The molecule has 0 amide bonds. The average molecular weight is 316 g/mol. The van der Waals surface area contributed by atoms with Crippen LogP contribution >= 0.6 is 23.2 Å². The second-order valence-corrected chi connectivity index (χ2v) is 5.92. The molecule has 0 radical (unpaired) electrons. The van der Waals surface area contributed by atoms with E-state index in [-0.39, 0.29) is 17.9 Å². The summed E-state index contributed by atoms with van der Waals surface area (Å²) in [6, 6.07) is 5.58. The normalized spacial score (nSPS) is 22.4. The molecule has 1 aliphatic carbocycles. The Morgan fingerprint density at radius 1 is 1.40 bits per heavy atom. The van der Waals surface area contributed by atoms with Gasteiger partial charge in [-0.25, -0.2) is 0 Å². The Hall–Kier alpha value is -0.930. The lowest BCUT2D eigenvalue weighted by atomic mass is 9.85. The van der Waals surface area contributed by atoms with E-state index in [0.717, 1.165) is 31.4 Å². The topological polar surface area (TPSA) is 38.3 Å². The molecule has 1 aromatic carbocycles. The number of benzene rings is 1. The molecule has 110 valence electrons. The molecule has 0 aromatic heterocycles. The number of esters is 1. The van der Waals surface area contributed by atoms with Crippen molar-refractivity contribution in [1.82, 2.24) is 0 Å². The number of carbonyl (C=O) groups is 1. The van der Waals surface area contributed by atoms with Gasteiger partial charge in [0, 0.05) is 11.1 Å². The average Bonchev–Trinajstić information content (AvgIpc) is 2.43. The lowest BCUT2D eigenvalue weighted by molar-refractivity contribution is -0.149. The van der Waals surface area contributed by atoms with Gasteiger partial charge in [-0.15, -0.1) is 0 Å². The summed E-state index contributed by atoms with van der Waals surface area (Å²) in [5, 5.41) is 4.69. The fourth-order valence-corrected chi connectivity index (χ4v) is 2.97. The molecule has 0 heterocycles. The number of anilines is 1. The Morgan fingerprint density at radius 2 is 2.20 bits per heavy atom. The fourth-order valence-electron chi connectivity index (χ4n) is 2.62. The van der Waals surface area contributed by atoms with Crippen LogP contribution < -0.4 is 5.32 Å². The van der Waals surface area contributed by atoms with Crippen LogP contribution in [0, 0.1) is 5.92 Å². The molecule has 20 heavy (non-hydrogen) atoms. The highest BCUT2D eigenvalue weighted by molar-refractivity contribution is 6.35. The number of nitrogens with one attached hydrogen (secondary N) is 1. The van der Waals surface area contributed by atoms with E-state index in [1.807, 2.05) is 13.0 Å². The van der Waals surface area contributed by atoms with Crippen molar-refractivity contribution in [3.63, 3.8) is 0 Å². The summed E-state index contributed by atoms with van der Waals surface area (Å²) >= 11 is 12.1. The number of rotatable bonds is 4. The highest BCUT2D eigenvalue weighted by Gasteiger charge is 2.28. The fraction of sp³-hybridized carbons (Fsp3) is 0.533. The molecule has 2 unspecified atom stereocenters. The largest absolute Gasteiger partial charge is 0.466 e. The number of halogens is 2. The van der Waals surface area contributed by atoms with Crippen LogP contribution in [0.2, 0.25) is 10.0 Å². The third-order valence-electron chi connectivity index (χ3n) is 3.58. The third kappa shape index (κ3) is 4.03. The van der Waals surface area contributed by atoms with E-state index in [4.69, 9.17) is 27.9 Å². The summed E-state index contributed by atoms with van der Waals surface area (Å²) in [6.45, 7) is 2.27. The Balaban J connectivity index is 1.99. The molecule has 1 fully saturated rings. The molecule has 0 bridgehead atoms. The quantitative estimate of drug-likeness (QED) is 0.830. The van der Waals surface area contributed by atoms with E-state index in [1.54, 1.807) is 12.1 Å². The van der Waals surface area contributed by atoms with Crippen molar-refractivity contribution in [2.45, 2.75) is 38.6 Å². The van der Waals surface area contributed by atoms with E-state index < -0.39 is 0 Å². The first kappa shape index (κ1) is 15.5. The molecule has 0 spiro atoms. The summed E-state index contributed by atoms with van der Waals surface area (Å²) < 4.78 is 5.11. The van der Waals surface area contributed by atoms with Crippen molar-refractivity contribution in [2.24, 2.45) is 5.92 Å². The summed E-state index contributed by atoms with van der Waals surface area (Å²) in [5.41, 5.74) is 0.827. The summed E-state index contributed by atoms with van der Waals surface area (Å²) in [5.74, 6) is -0.102. The van der Waals surface area contributed by atoms with Crippen LogP contribution in [0.5, 0.6) is 0 Å². The van der Waals surface area contributed by atoms with Gasteiger partial charge >= 0.3 is 5.97 Å². The SMILES string of the molecule is CCOC(=O)C1CCCC(Nc2cc(Cl)ccc2Cl)C1. The summed E-state index contributed by atoms with van der Waals surface area (Å²) in [6.07, 6.45) is 3.72. The van der Waals surface area contributed by atoms with Crippen molar-refractivity contribution in [3.8, 4) is 0 Å². The molecule has 3 nitrogen and oxygen atoms in total. The van der Waals surface area contributed by atoms with E-state index in [2.05, 4.69) is 5.32 Å². The minimum Gasteiger partial charge on any atom is -0.466 e. The van der Waals surface area contributed by atoms with Gasteiger partial charge in [0.15, 0.2) is 0 Å². The molecule has 1 aromatic rings. The van der Waals surface area contributed by atoms with Crippen molar-refractivity contribution >= 4 is 34.9 Å². The molecule has 0 aliphatic heterocycles. The summed E-state index contributed by atoms with van der Waals surface area (Å²) in [7, 11) is 0. The van der Waals surface area contributed by atoms with Gasteiger partial charge in [0.1, 0.15) is 0 Å². The number of hydrogen-bond donors (Lipinski definition) is 1. The van der Waals surface area contributed by atoms with Crippen molar-refractivity contribution in [3.05, 3.63) is 28.2 Å². The first-order valence-corrected chi connectivity index (χ1v) is 7.74. The van der Waals surface area contributed by atoms with E-state index in [0.29, 0.717) is 16.7 Å². The van der Waals surface area contributed by atoms with E-state index in [1.165, 1.54) is 0 Å². The van der Waals surface area contributed by atoms with Crippen LogP contribution in [0.1, 0.15) is 32.6 Å². The number of ether oxygens (including phenoxy) is 1. The van der Waals surface area contributed by atoms with Gasteiger partial charge in [-0.1, -0.05) is 29.6 Å².